The fraction of sp³-hybridized carbons (Fsp3) is 0.278. The molecule has 1 amide bonds. The van der Waals surface area contributed by atoms with Crippen LogP contribution in [0.4, 0.5) is 11.4 Å². The molecule has 0 aliphatic heterocycles. The van der Waals surface area contributed by atoms with Crippen LogP contribution in [0, 0.1) is 0 Å². The molecule has 0 saturated carbocycles. The van der Waals surface area contributed by atoms with E-state index in [9.17, 15) is 9.59 Å². The number of hydrogen-bond donors (Lipinski definition) is 2. The van der Waals surface area contributed by atoms with Crippen LogP contribution in [-0.4, -0.2) is 30.5 Å². The molecule has 1 aromatic heterocycles. The number of anilines is 2. The van der Waals surface area contributed by atoms with Crippen molar-refractivity contribution in [3.63, 3.8) is 0 Å². The zero-order chi connectivity index (χ0) is 17.4. The monoisotopic (exact) mass is 327 g/mol. The predicted molar refractivity (Wildman–Crippen MR) is 92.5 cm³/mol. The Hall–Kier alpha value is -2.89. The van der Waals surface area contributed by atoms with E-state index in [1.54, 1.807) is 36.5 Å². The molecular formula is C18H21N3O3. The Morgan fingerprint density at radius 2 is 1.96 bits per heavy atom. The molecular weight excluding hydrogens is 306 g/mol. The predicted octanol–water partition coefficient (Wildman–Crippen LogP) is 3.14. The van der Waals surface area contributed by atoms with E-state index in [0.29, 0.717) is 29.2 Å². The molecule has 0 unspecified atom stereocenters. The van der Waals surface area contributed by atoms with Gasteiger partial charge in [-0.3, -0.25) is 4.79 Å². The highest BCUT2D eigenvalue weighted by Crippen LogP contribution is 2.21. The smallest absolute Gasteiger partial charge is 0.339 e. The number of carbonyl (C=O) groups excluding carboxylic acids is 2. The third-order valence-electron chi connectivity index (χ3n) is 3.42. The number of aromatic nitrogens is 1. The van der Waals surface area contributed by atoms with Gasteiger partial charge in [0, 0.05) is 6.54 Å². The number of amides is 1. The van der Waals surface area contributed by atoms with Crippen molar-refractivity contribution in [3.05, 3.63) is 53.9 Å². The molecule has 0 radical (unpaired) electrons. The van der Waals surface area contributed by atoms with E-state index in [1.807, 2.05) is 6.07 Å². The molecule has 24 heavy (non-hydrogen) atoms. The van der Waals surface area contributed by atoms with Crippen LogP contribution in [-0.2, 0) is 4.74 Å². The maximum Gasteiger partial charge on any atom is 0.339 e. The van der Waals surface area contributed by atoms with Crippen LogP contribution in [0.3, 0.4) is 0 Å². The minimum absolute atomic E-state index is 0.190. The SMILES string of the molecule is CCCCNC(=O)c1ccc(Nc2ccccc2C(=O)OC)cn1. The maximum absolute atomic E-state index is 11.9. The molecule has 0 aliphatic carbocycles. The normalized spacial score (nSPS) is 10.1. The second kappa shape index (κ2) is 8.67. The molecule has 126 valence electrons. The summed E-state index contributed by atoms with van der Waals surface area (Å²) in [6, 6.07) is 10.4. The van der Waals surface area contributed by atoms with Crippen LogP contribution < -0.4 is 10.6 Å². The van der Waals surface area contributed by atoms with Gasteiger partial charge in [-0.25, -0.2) is 9.78 Å². The summed E-state index contributed by atoms with van der Waals surface area (Å²) < 4.78 is 4.76. The molecule has 0 fully saturated rings. The third-order valence-corrected chi connectivity index (χ3v) is 3.42. The second-order valence-corrected chi connectivity index (χ2v) is 5.20. The number of hydrogen-bond acceptors (Lipinski definition) is 5. The Balaban J connectivity index is 2.07. The zero-order valence-corrected chi connectivity index (χ0v) is 13.8. The number of nitrogens with one attached hydrogen (secondary N) is 2. The van der Waals surface area contributed by atoms with Crippen LogP contribution in [0.1, 0.15) is 40.6 Å². The molecule has 0 bridgehead atoms. The molecule has 0 spiro atoms. The van der Waals surface area contributed by atoms with Gasteiger partial charge in [-0.05, 0) is 30.7 Å². The van der Waals surface area contributed by atoms with Gasteiger partial charge in [-0.1, -0.05) is 25.5 Å². The summed E-state index contributed by atoms with van der Waals surface area (Å²) in [6.45, 7) is 2.71. The number of rotatable bonds is 7. The molecule has 1 aromatic carbocycles. The number of esters is 1. The summed E-state index contributed by atoms with van der Waals surface area (Å²) >= 11 is 0. The fourth-order valence-electron chi connectivity index (χ4n) is 2.11. The Kier molecular flexibility index (Phi) is 6.31. The Bertz CT molecular complexity index is 699. The summed E-state index contributed by atoms with van der Waals surface area (Å²) in [4.78, 5) is 27.8. The number of ether oxygens (including phenoxy) is 1. The number of unbranched alkanes of at least 4 members (excludes halogenated alkanes) is 1. The minimum atomic E-state index is -0.419. The minimum Gasteiger partial charge on any atom is -0.465 e. The quantitative estimate of drug-likeness (QED) is 0.603. The summed E-state index contributed by atoms with van der Waals surface area (Å²) in [6.07, 6.45) is 3.52. The van der Waals surface area contributed by atoms with Gasteiger partial charge in [0.2, 0.25) is 0 Å². The molecule has 6 nitrogen and oxygen atoms in total. The van der Waals surface area contributed by atoms with Crippen molar-refractivity contribution < 1.29 is 14.3 Å². The van der Waals surface area contributed by atoms with Gasteiger partial charge in [0.15, 0.2) is 0 Å². The van der Waals surface area contributed by atoms with Crippen LogP contribution >= 0.6 is 0 Å². The van der Waals surface area contributed by atoms with Crippen molar-refractivity contribution in [1.29, 1.82) is 0 Å². The van der Waals surface area contributed by atoms with Gasteiger partial charge in [0.1, 0.15) is 5.69 Å². The van der Waals surface area contributed by atoms with Gasteiger partial charge in [0.25, 0.3) is 5.91 Å². The van der Waals surface area contributed by atoms with Crippen molar-refractivity contribution in [2.45, 2.75) is 19.8 Å². The van der Waals surface area contributed by atoms with E-state index in [-0.39, 0.29) is 5.91 Å². The first-order valence-corrected chi connectivity index (χ1v) is 7.84. The van der Waals surface area contributed by atoms with Gasteiger partial charge >= 0.3 is 5.97 Å². The number of para-hydroxylation sites is 1. The van der Waals surface area contributed by atoms with Crippen molar-refractivity contribution in [2.75, 3.05) is 19.0 Å². The zero-order valence-electron chi connectivity index (χ0n) is 13.8. The Morgan fingerprint density at radius 3 is 2.62 bits per heavy atom. The average Bonchev–Trinajstić information content (AvgIpc) is 2.62. The van der Waals surface area contributed by atoms with Gasteiger partial charge in [-0.15, -0.1) is 0 Å². The van der Waals surface area contributed by atoms with Crippen molar-refractivity contribution in [1.82, 2.24) is 10.3 Å². The standard InChI is InChI=1S/C18H21N3O3/c1-3-4-11-19-17(22)16-10-9-13(12-20-16)21-15-8-6-5-7-14(15)18(23)24-2/h5-10,12,21H,3-4,11H2,1-2H3,(H,19,22). The van der Waals surface area contributed by atoms with Crippen LogP contribution in [0.15, 0.2) is 42.6 Å². The summed E-state index contributed by atoms with van der Waals surface area (Å²) in [5.74, 6) is -0.608. The maximum atomic E-state index is 11.9. The van der Waals surface area contributed by atoms with E-state index < -0.39 is 5.97 Å². The lowest BCUT2D eigenvalue weighted by molar-refractivity contribution is 0.0601. The van der Waals surface area contributed by atoms with Gasteiger partial charge < -0.3 is 15.4 Å². The van der Waals surface area contributed by atoms with Crippen molar-refractivity contribution >= 4 is 23.3 Å². The number of carbonyl (C=O) groups is 2. The van der Waals surface area contributed by atoms with E-state index in [0.717, 1.165) is 12.8 Å². The Morgan fingerprint density at radius 1 is 1.17 bits per heavy atom. The first-order valence-electron chi connectivity index (χ1n) is 7.84. The van der Waals surface area contributed by atoms with Crippen LogP contribution in [0.5, 0.6) is 0 Å². The summed E-state index contributed by atoms with van der Waals surface area (Å²) in [5, 5.41) is 5.93. The van der Waals surface area contributed by atoms with E-state index >= 15 is 0 Å². The number of pyridine rings is 1. The highest BCUT2D eigenvalue weighted by molar-refractivity contribution is 5.96. The highest BCUT2D eigenvalue weighted by Gasteiger charge is 2.11. The lowest BCUT2D eigenvalue weighted by Gasteiger charge is -2.11. The molecule has 6 heteroatoms. The topological polar surface area (TPSA) is 80.3 Å². The van der Waals surface area contributed by atoms with E-state index in [2.05, 4.69) is 22.5 Å². The molecule has 2 rings (SSSR count). The second-order valence-electron chi connectivity index (χ2n) is 5.20. The summed E-state index contributed by atoms with van der Waals surface area (Å²) in [7, 11) is 1.34. The number of benzene rings is 1. The Labute approximate surface area is 141 Å². The molecule has 1 heterocycles. The fourth-order valence-corrected chi connectivity index (χ4v) is 2.11. The van der Waals surface area contributed by atoms with E-state index in [1.165, 1.54) is 7.11 Å². The van der Waals surface area contributed by atoms with Crippen LogP contribution in [0.25, 0.3) is 0 Å². The molecule has 2 N–H and O–H groups in total. The van der Waals surface area contributed by atoms with Crippen LogP contribution in [0.2, 0.25) is 0 Å². The molecule has 2 aromatic rings. The highest BCUT2D eigenvalue weighted by atomic mass is 16.5. The number of methoxy groups -OCH3 is 1. The molecule has 0 aliphatic rings. The number of nitrogens with zero attached hydrogens (tertiary/aromatic N) is 1. The molecule has 0 atom stereocenters. The lowest BCUT2D eigenvalue weighted by atomic mass is 10.1. The largest absolute Gasteiger partial charge is 0.465 e. The lowest BCUT2D eigenvalue weighted by Crippen LogP contribution is -2.25. The molecule has 0 saturated heterocycles. The first-order chi connectivity index (χ1) is 11.7. The van der Waals surface area contributed by atoms with Crippen molar-refractivity contribution in [3.8, 4) is 0 Å². The summed E-state index contributed by atoms with van der Waals surface area (Å²) in [5.41, 5.74) is 2.09. The van der Waals surface area contributed by atoms with E-state index in [4.69, 9.17) is 4.74 Å². The van der Waals surface area contributed by atoms with Gasteiger partial charge in [0.05, 0.1) is 30.2 Å². The average molecular weight is 327 g/mol. The third kappa shape index (κ3) is 4.55. The first kappa shape index (κ1) is 17.5. The van der Waals surface area contributed by atoms with Crippen molar-refractivity contribution in [2.24, 2.45) is 0 Å². The van der Waals surface area contributed by atoms with Gasteiger partial charge in [-0.2, -0.15) is 0 Å².